The van der Waals surface area contributed by atoms with Crippen molar-refractivity contribution in [3.63, 3.8) is 0 Å². The molecule has 0 fully saturated rings. The summed E-state index contributed by atoms with van der Waals surface area (Å²) in [7, 11) is 0. The zero-order valence-electron chi connectivity index (χ0n) is 6.57. The maximum absolute atomic E-state index is 4.23. The van der Waals surface area contributed by atoms with E-state index in [0.717, 1.165) is 17.4 Å². The van der Waals surface area contributed by atoms with Crippen molar-refractivity contribution in [1.29, 1.82) is 0 Å². The van der Waals surface area contributed by atoms with Crippen LogP contribution in [0.3, 0.4) is 0 Å². The van der Waals surface area contributed by atoms with Crippen LogP contribution >= 0.6 is 15.9 Å². The zero-order valence-corrected chi connectivity index (χ0v) is 8.16. The quantitative estimate of drug-likeness (QED) is 0.792. The second kappa shape index (κ2) is 3.31. The number of nitrogens with zero attached hydrogens (tertiary/aromatic N) is 2. The molecule has 12 heavy (non-hydrogen) atoms. The topological polar surface area (TPSA) is 29.9 Å². The van der Waals surface area contributed by atoms with Crippen LogP contribution in [0, 0.1) is 0 Å². The highest BCUT2D eigenvalue weighted by Gasteiger charge is 2.10. The molecule has 1 aromatic rings. The SMILES string of the molecule is Brc1cnn(C2C=CNCC2)c1. The van der Waals surface area contributed by atoms with Crippen LogP contribution in [0.25, 0.3) is 0 Å². The van der Waals surface area contributed by atoms with Crippen molar-refractivity contribution in [3.8, 4) is 0 Å². The number of allylic oxidation sites excluding steroid dienone is 1. The zero-order chi connectivity index (χ0) is 8.39. The molecular weight excluding hydrogens is 218 g/mol. The molecular formula is C8H10BrN3. The lowest BCUT2D eigenvalue weighted by Gasteiger charge is -2.17. The van der Waals surface area contributed by atoms with Crippen LogP contribution in [-0.4, -0.2) is 16.3 Å². The number of hydrogen-bond donors (Lipinski definition) is 1. The van der Waals surface area contributed by atoms with Gasteiger partial charge in [-0.3, -0.25) is 4.68 Å². The maximum atomic E-state index is 4.23. The van der Waals surface area contributed by atoms with Crippen molar-refractivity contribution in [2.75, 3.05) is 6.54 Å². The van der Waals surface area contributed by atoms with E-state index in [9.17, 15) is 0 Å². The van der Waals surface area contributed by atoms with Gasteiger partial charge in [0.2, 0.25) is 0 Å². The Labute approximate surface area is 79.6 Å². The van der Waals surface area contributed by atoms with E-state index in [2.05, 4.69) is 32.4 Å². The summed E-state index contributed by atoms with van der Waals surface area (Å²) < 4.78 is 3.01. The van der Waals surface area contributed by atoms with E-state index in [-0.39, 0.29) is 0 Å². The van der Waals surface area contributed by atoms with Crippen molar-refractivity contribution in [3.05, 3.63) is 29.1 Å². The first kappa shape index (κ1) is 7.86. The Kier molecular flexibility index (Phi) is 2.17. The van der Waals surface area contributed by atoms with Crippen LogP contribution in [-0.2, 0) is 0 Å². The summed E-state index contributed by atoms with van der Waals surface area (Å²) in [6.45, 7) is 1.03. The fourth-order valence-electron chi connectivity index (χ4n) is 1.31. The van der Waals surface area contributed by atoms with Crippen molar-refractivity contribution in [1.82, 2.24) is 15.1 Å². The van der Waals surface area contributed by atoms with Gasteiger partial charge >= 0.3 is 0 Å². The number of aromatic nitrogens is 2. The summed E-state index contributed by atoms with van der Waals surface area (Å²) in [4.78, 5) is 0. The van der Waals surface area contributed by atoms with Crippen LogP contribution in [0.2, 0.25) is 0 Å². The number of halogens is 1. The van der Waals surface area contributed by atoms with Gasteiger partial charge in [0.25, 0.3) is 0 Å². The number of nitrogens with one attached hydrogen (secondary N) is 1. The van der Waals surface area contributed by atoms with Crippen molar-refractivity contribution >= 4 is 15.9 Å². The normalized spacial score (nSPS) is 22.2. The minimum absolute atomic E-state index is 0.414. The van der Waals surface area contributed by atoms with Gasteiger partial charge < -0.3 is 5.32 Å². The van der Waals surface area contributed by atoms with Crippen molar-refractivity contribution in [2.45, 2.75) is 12.5 Å². The first-order chi connectivity index (χ1) is 5.86. The van der Waals surface area contributed by atoms with Crippen LogP contribution in [0.1, 0.15) is 12.5 Å². The van der Waals surface area contributed by atoms with Crippen LogP contribution < -0.4 is 5.32 Å². The molecule has 0 aromatic carbocycles. The summed E-state index contributed by atoms with van der Waals surface area (Å²) >= 11 is 3.38. The van der Waals surface area contributed by atoms with Gasteiger partial charge in [0, 0.05) is 12.7 Å². The predicted molar refractivity (Wildman–Crippen MR) is 50.7 cm³/mol. The van der Waals surface area contributed by atoms with Crippen LogP contribution in [0.4, 0.5) is 0 Å². The van der Waals surface area contributed by atoms with E-state index in [4.69, 9.17) is 0 Å². The highest BCUT2D eigenvalue weighted by atomic mass is 79.9. The van der Waals surface area contributed by atoms with Gasteiger partial charge in [-0.05, 0) is 34.6 Å². The first-order valence-electron chi connectivity index (χ1n) is 3.96. The van der Waals surface area contributed by atoms with Crippen LogP contribution in [0.5, 0.6) is 0 Å². The fraction of sp³-hybridized carbons (Fsp3) is 0.375. The number of hydrogen-bond acceptors (Lipinski definition) is 2. The summed E-state index contributed by atoms with van der Waals surface area (Å²) in [6, 6.07) is 0.414. The average Bonchev–Trinajstić information content (AvgIpc) is 2.54. The monoisotopic (exact) mass is 227 g/mol. The minimum atomic E-state index is 0.414. The fourth-order valence-corrected chi connectivity index (χ4v) is 1.61. The van der Waals surface area contributed by atoms with Gasteiger partial charge in [-0.25, -0.2) is 0 Å². The molecule has 0 amide bonds. The standard InChI is InChI=1S/C8H10BrN3/c9-7-5-11-12(6-7)8-1-3-10-4-2-8/h1,3,5-6,8,10H,2,4H2. The summed E-state index contributed by atoms with van der Waals surface area (Å²) in [6.07, 6.45) is 9.04. The third kappa shape index (κ3) is 1.53. The Morgan fingerprint density at radius 1 is 1.67 bits per heavy atom. The molecule has 64 valence electrons. The Morgan fingerprint density at radius 2 is 2.58 bits per heavy atom. The third-order valence-corrected chi connectivity index (χ3v) is 2.34. The van der Waals surface area contributed by atoms with E-state index < -0.39 is 0 Å². The van der Waals surface area contributed by atoms with Gasteiger partial charge in [0.1, 0.15) is 0 Å². The second-order valence-electron chi connectivity index (χ2n) is 2.81. The largest absolute Gasteiger partial charge is 0.391 e. The molecule has 1 N–H and O–H groups in total. The summed E-state index contributed by atoms with van der Waals surface area (Å²) in [5, 5.41) is 7.39. The molecule has 0 saturated carbocycles. The molecule has 1 unspecified atom stereocenters. The molecule has 4 heteroatoms. The van der Waals surface area contributed by atoms with Gasteiger partial charge in [-0.15, -0.1) is 0 Å². The van der Waals surface area contributed by atoms with E-state index in [1.54, 1.807) is 0 Å². The molecule has 0 saturated heterocycles. The molecule has 2 rings (SSSR count). The number of rotatable bonds is 1. The Bertz CT molecular complexity index is 292. The lowest BCUT2D eigenvalue weighted by atomic mass is 10.2. The molecule has 3 nitrogen and oxygen atoms in total. The second-order valence-corrected chi connectivity index (χ2v) is 3.72. The van der Waals surface area contributed by atoms with E-state index in [1.807, 2.05) is 23.3 Å². The van der Waals surface area contributed by atoms with Gasteiger partial charge in [0.05, 0.1) is 16.7 Å². The highest BCUT2D eigenvalue weighted by Crippen LogP contribution is 2.17. The van der Waals surface area contributed by atoms with Crippen LogP contribution in [0.15, 0.2) is 29.1 Å². The molecule has 1 aromatic heterocycles. The Hall–Kier alpha value is -0.770. The van der Waals surface area contributed by atoms with Crippen molar-refractivity contribution < 1.29 is 0 Å². The molecule has 1 aliphatic rings. The molecule has 1 aliphatic heterocycles. The molecule has 2 heterocycles. The molecule has 0 spiro atoms. The summed E-state index contributed by atoms with van der Waals surface area (Å²) in [5.41, 5.74) is 0. The smallest absolute Gasteiger partial charge is 0.0733 e. The van der Waals surface area contributed by atoms with Gasteiger partial charge in [-0.2, -0.15) is 5.10 Å². The summed E-state index contributed by atoms with van der Waals surface area (Å²) in [5.74, 6) is 0. The maximum Gasteiger partial charge on any atom is 0.0733 e. The Balaban J connectivity index is 2.18. The van der Waals surface area contributed by atoms with Crippen molar-refractivity contribution in [2.24, 2.45) is 0 Å². The third-order valence-electron chi connectivity index (χ3n) is 1.93. The van der Waals surface area contributed by atoms with E-state index >= 15 is 0 Å². The minimum Gasteiger partial charge on any atom is -0.391 e. The lowest BCUT2D eigenvalue weighted by Crippen LogP contribution is -2.20. The highest BCUT2D eigenvalue weighted by molar-refractivity contribution is 9.10. The van der Waals surface area contributed by atoms with Gasteiger partial charge in [0.15, 0.2) is 0 Å². The van der Waals surface area contributed by atoms with E-state index in [0.29, 0.717) is 6.04 Å². The predicted octanol–water partition coefficient (Wildman–Crippen LogP) is 1.69. The van der Waals surface area contributed by atoms with Gasteiger partial charge in [-0.1, -0.05) is 0 Å². The average molecular weight is 228 g/mol. The molecule has 0 bridgehead atoms. The molecule has 0 aliphatic carbocycles. The first-order valence-corrected chi connectivity index (χ1v) is 4.75. The Morgan fingerprint density at radius 3 is 3.17 bits per heavy atom. The van der Waals surface area contributed by atoms with E-state index in [1.165, 1.54) is 0 Å². The lowest BCUT2D eigenvalue weighted by molar-refractivity contribution is 0.479. The molecule has 1 atom stereocenters. The molecule has 0 radical (unpaired) electrons.